The van der Waals surface area contributed by atoms with Gasteiger partial charge < -0.3 is 20.8 Å². The molecule has 0 unspecified atom stereocenters. The summed E-state index contributed by atoms with van der Waals surface area (Å²) in [5.41, 5.74) is 8.30. The van der Waals surface area contributed by atoms with Crippen molar-refractivity contribution in [1.29, 1.82) is 0 Å². The van der Waals surface area contributed by atoms with Crippen molar-refractivity contribution in [3.63, 3.8) is 0 Å². The molecule has 2 aromatic rings. The van der Waals surface area contributed by atoms with E-state index < -0.39 is 6.09 Å². The van der Waals surface area contributed by atoms with Gasteiger partial charge in [-0.3, -0.25) is 10.1 Å². The highest BCUT2D eigenvalue weighted by Gasteiger charge is 2.18. The fourth-order valence-corrected chi connectivity index (χ4v) is 2.70. The predicted octanol–water partition coefficient (Wildman–Crippen LogP) is 2.33. The Morgan fingerprint density at radius 2 is 2.19 bits per heavy atom. The van der Waals surface area contributed by atoms with Crippen molar-refractivity contribution in [3.05, 3.63) is 47.9 Å². The molecule has 1 aliphatic heterocycles. The molecule has 0 radical (unpaired) electrons. The quantitative estimate of drug-likeness (QED) is 0.585. The number of nitrogens with zero attached hydrogens (tertiary/aromatic N) is 1. The number of hydrogen-bond donors (Lipinski definition) is 4. The zero-order valence-corrected chi connectivity index (χ0v) is 14.4. The topological polar surface area (TPSA) is 122 Å². The Hall–Kier alpha value is -3.13. The maximum atomic E-state index is 12.7. The first kappa shape index (κ1) is 17.7. The molecule has 0 aliphatic carbocycles. The van der Waals surface area contributed by atoms with Crippen molar-refractivity contribution in [3.8, 4) is 11.3 Å². The number of hydrogen-bond acceptors (Lipinski definition) is 5. The fourth-order valence-electron chi connectivity index (χ4n) is 2.70. The summed E-state index contributed by atoms with van der Waals surface area (Å²) in [4.78, 5) is 31.7. The minimum absolute atomic E-state index is 0.241. The number of carbonyl (C=O) groups excluding carboxylic acids is 2. The number of nitrogens with one attached hydrogen (secondary N) is 3. The van der Waals surface area contributed by atoms with Gasteiger partial charge in [-0.15, -0.1) is 0 Å². The number of methoxy groups -OCH3 is 1. The zero-order valence-electron chi connectivity index (χ0n) is 14.4. The first-order chi connectivity index (χ1) is 12.6. The van der Waals surface area contributed by atoms with Crippen molar-refractivity contribution >= 4 is 17.7 Å². The van der Waals surface area contributed by atoms with Crippen molar-refractivity contribution in [2.24, 2.45) is 5.73 Å². The van der Waals surface area contributed by atoms with Crippen molar-refractivity contribution in [2.75, 3.05) is 19.0 Å². The summed E-state index contributed by atoms with van der Waals surface area (Å²) in [7, 11) is 1.28. The van der Waals surface area contributed by atoms with Crippen LogP contribution >= 0.6 is 0 Å². The maximum Gasteiger partial charge on any atom is 0.411 e. The van der Waals surface area contributed by atoms with Crippen LogP contribution in [0.1, 0.15) is 35.1 Å². The highest BCUT2D eigenvalue weighted by atomic mass is 16.5. The van der Waals surface area contributed by atoms with Crippen LogP contribution in [0.4, 0.5) is 10.5 Å². The van der Waals surface area contributed by atoms with Gasteiger partial charge in [0, 0.05) is 24.0 Å². The molecule has 2 bridgehead atoms. The van der Waals surface area contributed by atoms with Crippen LogP contribution < -0.4 is 16.4 Å². The van der Waals surface area contributed by atoms with E-state index in [1.807, 2.05) is 12.2 Å². The molecule has 2 heterocycles. The van der Waals surface area contributed by atoms with Crippen LogP contribution in [0.15, 0.2) is 36.5 Å². The molecule has 1 aromatic heterocycles. The van der Waals surface area contributed by atoms with Crippen LogP contribution in [0, 0.1) is 0 Å². The molecule has 26 heavy (non-hydrogen) atoms. The number of anilines is 1. The molecular weight excluding hydrogens is 334 g/mol. The zero-order chi connectivity index (χ0) is 18.5. The highest BCUT2D eigenvalue weighted by molar-refractivity contribution is 6.02. The summed E-state index contributed by atoms with van der Waals surface area (Å²) < 4.78 is 4.60. The molecule has 8 nitrogen and oxygen atoms in total. The van der Waals surface area contributed by atoms with Gasteiger partial charge in [0.1, 0.15) is 5.82 Å². The average Bonchev–Trinajstić information content (AvgIpc) is 3.13. The number of imidazole rings is 1. The molecule has 1 atom stereocenters. The van der Waals surface area contributed by atoms with Crippen molar-refractivity contribution in [1.82, 2.24) is 15.3 Å². The van der Waals surface area contributed by atoms with Gasteiger partial charge in [-0.05, 0) is 31.0 Å². The SMILES string of the molecule is COC(=O)Nc1ccc2c(c1)C(=O)NCC/C=C\C[C@H](N)c1nc-2c[nH]1. The molecule has 0 saturated heterocycles. The Morgan fingerprint density at radius 1 is 1.35 bits per heavy atom. The lowest BCUT2D eigenvalue weighted by Gasteiger charge is -2.11. The van der Waals surface area contributed by atoms with Gasteiger partial charge in [-0.25, -0.2) is 9.78 Å². The van der Waals surface area contributed by atoms with Gasteiger partial charge >= 0.3 is 6.09 Å². The third-order valence-corrected chi connectivity index (χ3v) is 4.07. The number of amides is 2. The van der Waals surface area contributed by atoms with E-state index in [1.165, 1.54) is 7.11 Å². The highest BCUT2D eigenvalue weighted by Crippen LogP contribution is 2.27. The van der Waals surface area contributed by atoms with E-state index >= 15 is 0 Å². The summed E-state index contributed by atoms with van der Waals surface area (Å²) in [5.74, 6) is 0.419. The molecule has 5 N–H and O–H groups in total. The molecule has 136 valence electrons. The first-order valence-corrected chi connectivity index (χ1v) is 8.32. The maximum absolute atomic E-state index is 12.7. The minimum atomic E-state index is -0.604. The molecule has 1 aromatic carbocycles. The molecular formula is C18H21N5O3. The summed E-state index contributed by atoms with van der Waals surface area (Å²) in [6.07, 6.45) is 6.46. The monoisotopic (exact) mass is 355 g/mol. The Balaban J connectivity index is 2.03. The van der Waals surface area contributed by atoms with Crippen LogP contribution in [-0.4, -0.2) is 35.6 Å². The van der Waals surface area contributed by atoms with Gasteiger partial charge in [-0.1, -0.05) is 12.2 Å². The summed E-state index contributed by atoms with van der Waals surface area (Å²) >= 11 is 0. The Kier molecular flexibility index (Phi) is 5.33. The summed E-state index contributed by atoms with van der Waals surface area (Å²) in [6, 6.07) is 4.79. The smallest absolute Gasteiger partial charge is 0.411 e. The van der Waals surface area contributed by atoms with Crippen molar-refractivity contribution in [2.45, 2.75) is 18.9 Å². The number of H-pyrrole nitrogens is 1. The molecule has 2 amide bonds. The van der Waals surface area contributed by atoms with Crippen LogP contribution in [0.2, 0.25) is 0 Å². The number of rotatable bonds is 1. The van der Waals surface area contributed by atoms with Gasteiger partial charge in [0.05, 0.1) is 24.4 Å². The summed E-state index contributed by atoms with van der Waals surface area (Å²) in [6.45, 7) is 0.504. The molecule has 1 aliphatic rings. The molecule has 8 heteroatoms. The predicted molar refractivity (Wildman–Crippen MR) is 97.7 cm³/mol. The third kappa shape index (κ3) is 3.92. The second-order valence-electron chi connectivity index (χ2n) is 5.91. The van der Waals surface area contributed by atoms with E-state index in [0.717, 1.165) is 0 Å². The van der Waals surface area contributed by atoms with Gasteiger partial charge in [0.15, 0.2) is 0 Å². The lowest BCUT2D eigenvalue weighted by atomic mass is 10.0. The number of ether oxygens (including phenoxy) is 1. The molecule has 0 saturated carbocycles. The van der Waals surface area contributed by atoms with Gasteiger partial charge in [0.2, 0.25) is 0 Å². The normalized spacial score (nSPS) is 18.4. The van der Waals surface area contributed by atoms with E-state index in [4.69, 9.17) is 5.73 Å². The van der Waals surface area contributed by atoms with Gasteiger partial charge in [-0.2, -0.15) is 0 Å². The molecule has 3 rings (SSSR count). The fraction of sp³-hybridized carbons (Fsp3) is 0.278. The summed E-state index contributed by atoms with van der Waals surface area (Å²) in [5, 5.41) is 5.45. The van der Waals surface area contributed by atoms with Gasteiger partial charge in [0.25, 0.3) is 5.91 Å². The van der Waals surface area contributed by atoms with Crippen LogP contribution in [0.3, 0.4) is 0 Å². The third-order valence-electron chi connectivity index (χ3n) is 4.07. The number of aromatic amines is 1. The van der Waals surface area contributed by atoms with Crippen LogP contribution in [-0.2, 0) is 4.74 Å². The minimum Gasteiger partial charge on any atom is -0.453 e. The number of carbonyl (C=O) groups is 2. The average molecular weight is 355 g/mol. The van der Waals surface area contributed by atoms with Crippen molar-refractivity contribution < 1.29 is 14.3 Å². The second-order valence-corrected chi connectivity index (χ2v) is 5.91. The number of fused-ring (bicyclic) bond motifs is 4. The van der Waals surface area contributed by atoms with E-state index in [1.54, 1.807) is 24.4 Å². The van der Waals surface area contributed by atoms with E-state index in [9.17, 15) is 9.59 Å². The lowest BCUT2D eigenvalue weighted by molar-refractivity contribution is 0.0955. The number of benzene rings is 1. The standard InChI is InChI=1S/C18H21N5O3/c1-26-18(25)22-11-6-7-12-13(9-11)17(24)20-8-4-2-3-5-14(19)16-21-10-15(12)23-16/h2-3,6-7,9-10,14H,4-5,8,19H2,1H3,(H,20,24)(H,21,23)(H,22,25)/b3-2-/t14-/m0/s1. The Labute approximate surface area is 150 Å². The largest absolute Gasteiger partial charge is 0.453 e. The van der Waals surface area contributed by atoms with E-state index in [2.05, 4.69) is 25.3 Å². The first-order valence-electron chi connectivity index (χ1n) is 8.32. The number of nitrogens with two attached hydrogens (primary N) is 1. The Morgan fingerprint density at radius 3 is 3.00 bits per heavy atom. The van der Waals surface area contributed by atoms with E-state index in [0.29, 0.717) is 47.7 Å². The number of aromatic nitrogens is 2. The Bertz CT molecular complexity index is 843. The molecule has 0 spiro atoms. The second kappa shape index (κ2) is 7.83. The lowest BCUT2D eigenvalue weighted by Crippen LogP contribution is -2.25. The molecule has 0 fully saturated rings. The van der Waals surface area contributed by atoms with E-state index in [-0.39, 0.29) is 11.9 Å². The van der Waals surface area contributed by atoms with Crippen LogP contribution in [0.5, 0.6) is 0 Å². The van der Waals surface area contributed by atoms with Crippen LogP contribution in [0.25, 0.3) is 11.3 Å².